The Morgan fingerprint density at radius 3 is 2.59 bits per heavy atom. The highest BCUT2D eigenvalue weighted by Crippen LogP contribution is 2.24. The lowest BCUT2D eigenvalue weighted by Gasteiger charge is -2.27. The van der Waals surface area contributed by atoms with Crippen molar-refractivity contribution in [2.75, 3.05) is 16.8 Å². The minimum Gasteiger partial charge on any atom is -0.338 e. The molecule has 10 heteroatoms. The normalized spacial score (nSPS) is 20.4. The molecule has 0 saturated carbocycles. The molecule has 2 aliphatic heterocycles. The standard InChI is InChI=1S/C22H21N5O4S/c28-20-10-9-19(26-27(20)16-11-12-32(30,31)13-16)22(29)23-15-7-5-14(6-8-15)21-24-17-3-1-2-4-18(17)25-21/h1-8,16H,9-13H2,(H,23,29)(H,24,25)/t16-/m1/s1. The van der Waals surface area contributed by atoms with E-state index < -0.39 is 21.8 Å². The fourth-order valence-electron chi connectivity index (χ4n) is 3.99. The minimum absolute atomic E-state index is 0.0378. The van der Waals surface area contributed by atoms with Crippen LogP contribution in [0.3, 0.4) is 0 Å². The van der Waals surface area contributed by atoms with Crippen molar-refractivity contribution in [3.8, 4) is 11.4 Å². The van der Waals surface area contributed by atoms with Crippen molar-refractivity contribution >= 4 is 44.1 Å². The summed E-state index contributed by atoms with van der Waals surface area (Å²) in [7, 11) is -3.16. The third kappa shape index (κ3) is 4.01. The number of carbonyl (C=O) groups is 2. The van der Waals surface area contributed by atoms with E-state index in [0.717, 1.165) is 22.4 Å². The molecular formula is C22H21N5O4S. The van der Waals surface area contributed by atoms with Crippen LogP contribution in [0.15, 0.2) is 53.6 Å². The lowest BCUT2D eigenvalue weighted by molar-refractivity contribution is -0.133. The number of hydrogen-bond donors (Lipinski definition) is 2. The van der Waals surface area contributed by atoms with E-state index >= 15 is 0 Å². The van der Waals surface area contributed by atoms with E-state index in [1.165, 1.54) is 5.01 Å². The number of fused-ring (bicyclic) bond motifs is 1. The molecule has 2 amide bonds. The van der Waals surface area contributed by atoms with Crippen molar-refractivity contribution in [3.63, 3.8) is 0 Å². The lowest BCUT2D eigenvalue weighted by Crippen LogP contribution is -2.42. The molecule has 2 aromatic carbocycles. The monoisotopic (exact) mass is 451 g/mol. The Morgan fingerprint density at radius 2 is 1.88 bits per heavy atom. The molecule has 3 aromatic rings. The maximum absolute atomic E-state index is 12.7. The number of carbonyl (C=O) groups excluding carboxylic acids is 2. The Morgan fingerprint density at radius 1 is 1.09 bits per heavy atom. The van der Waals surface area contributed by atoms with Gasteiger partial charge in [-0.25, -0.2) is 18.4 Å². The average molecular weight is 452 g/mol. The number of nitrogens with one attached hydrogen (secondary N) is 2. The summed E-state index contributed by atoms with van der Waals surface area (Å²) in [4.78, 5) is 32.8. The smallest absolute Gasteiger partial charge is 0.271 e. The van der Waals surface area contributed by atoms with Crippen LogP contribution in [0.5, 0.6) is 0 Å². The van der Waals surface area contributed by atoms with Gasteiger partial charge < -0.3 is 10.3 Å². The molecule has 1 fully saturated rings. The van der Waals surface area contributed by atoms with Crippen LogP contribution in [0, 0.1) is 0 Å². The number of imidazole rings is 1. The van der Waals surface area contributed by atoms with Gasteiger partial charge in [-0.15, -0.1) is 0 Å². The SMILES string of the molecule is O=C(Nc1ccc(-c2nc3ccccc3[nH]2)cc1)C1=NN([C@@H]2CCS(=O)(=O)C2)C(=O)CC1. The largest absolute Gasteiger partial charge is 0.338 e. The van der Waals surface area contributed by atoms with Crippen LogP contribution in [-0.4, -0.2) is 58.5 Å². The first-order valence-corrected chi connectivity index (χ1v) is 12.2. The molecule has 0 spiro atoms. The molecular weight excluding hydrogens is 430 g/mol. The highest BCUT2D eigenvalue weighted by molar-refractivity contribution is 7.91. The zero-order valence-corrected chi connectivity index (χ0v) is 17.9. The predicted molar refractivity (Wildman–Crippen MR) is 121 cm³/mol. The molecule has 0 radical (unpaired) electrons. The summed E-state index contributed by atoms with van der Waals surface area (Å²) in [6.07, 6.45) is 0.696. The first-order chi connectivity index (χ1) is 15.4. The molecule has 0 unspecified atom stereocenters. The maximum atomic E-state index is 12.7. The summed E-state index contributed by atoms with van der Waals surface area (Å²) < 4.78 is 23.5. The topological polar surface area (TPSA) is 125 Å². The van der Waals surface area contributed by atoms with Crippen molar-refractivity contribution in [1.82, 2.24) is 15.0 Å². The number of benzene rings is 2. The second kappa shape index (κ2) is 7.86. The highest BCUT2D eigenvalue weighted by Gasteiger charge is 2.37. The summed E-state index contributed by atoms with van der Waals surface area (Å²) >= 11 is 0. The van der Waals surface area contributed by atoms with Crippen molar-refractivity contribution < 1.29 is 18.0 Å². The first-order valence-electron chi connectivity index (χ1n) is 10.3. The quantitative estimate of drug-likeness (QED) is 0.630. The fraction of sp³-hybridized carbons (Fsp3) is 0.273. The number of rotatable bonds is 4. The van der Waals surface area contributed by atoms with Crippen molar-refractivity contribution in [2.24, 2.45) is 5.10 Å². The number of aromatic amines is 1. The molecule has 2 aliphatic rings. The molecule has 3 heterocycles. The van der Waals surface area contributed by atoms with Crippen molar-refractivity contribution in [1.29, 1.82) is 0 Å². The number of para-hydroxylation sites is 2. The van der Waals surface area contributed by atoms with Crippen LogP contribution >= 0.6 is 0 Å². The van der Waals surface area contributed by atoms with Gasteiger partial charge in [0.15, 0.2) is 9.84 Å². The molecule has 0 aliphatic carbocycles. The fourth-order valence-corrected chi connectivity index (χ4v) is 5.68. The predicted octanol–water partition coefficient (Wildman–Crippen LogP) is 2.33. The molecule has 0 bridgehead atoms. The average Bonchev–Trinajstić information content (AvgIpc) is 3.37. The Labute approximate surface area is 184 Å². The number of anilines is 1. The number of nitrogens with zero attached hydrogens (tertiary/aromatic N) is 3. The number of aromatic nitrogens is 2. The van der Waals surface area contributed by atoms with Crippen LogP contribution in [0.1, 0.15) is 19.3 Å². The van der Waals surface area contributed by atoms with Gasteiger partial charge in [-0.2, -0.15) is 5.10 Å². The molecule has 2 N–H and O–H groups in total. The number of hydrazone groups is 1. The van der Waals surface area contributed by atoms with Crippen LogP contribution in [-0.2, 0) is 19.4 Å². The number of sulfone groups is 1. The van der Waals surface area contributed by atoms with Gasteiger partial charge in [-0.3, -0.25) is 9.59 Å². The lowest BCUT2D eigenvalue weighted by atomic mass is 10.1. The minimum atomic E-state index is -3.16. The van der Waals surface area contributed by atoms with Gasteiger partial charge in [0, 0.05) is 24.1 Å². The van der Waals surface area contributed by atoms with E-state index in [1.54, 1.807) is 12.1 Å². The number of H-pyrrole nitrogens is 1. The van der Waals surface area contributed by atoms with Gasteiger partial charge in [0.25, 0.3) is 5.91 Å². The molecule has 32 heavy (non-hydrogen) atoms. The number of amides is 2. The van der Waals surface area contributed by atoms with Crippen molar-refractivity contribution in [3.05, 3.63) is 48.5 Å². The molecule has 9 nitrogen and oxygen atoms in total. The van der Waals surface area contributed by atoms with Crippen LogP contribution in [0.2, 0.25) is 0 Å². The van der Waals surface area contributed by atoms with Gasteiger partial charge in [-0.1, -0.05) is 12.1 Å². The van der Waals surface area contributed by atoms with Gasteiger partial charge in [0.2, 0.25) is 5.91 Å². The van der Waals surface area contributed by atoms with Crippen LogP contribution in [0.25, 0.3) is 22.4 Å². The van der Waals surface area contributed by atoms with E-state index in [4.69, 9.17) is 0 Å². The van der Waals surface area contributed by atoms with Gasteiger partial charge >= 0.3 is 0 Å². The van der Waals surface area contributed by atoms with E-state index in [2.05, 4.69) is 20.4 Å². The van der Waals surface area contributed by atoms with E-state index in [0.29, 0.717) is 12.1 Å². The van der Waals surface area contributed by atoms with Crippen LogP contribution < -0.4 is 5.32 Å². The molecule has 164 valence electrons. The van der Waals surface area contributed by atoms with E-state index in [1.807, 2.05) is 36.4 Å². The van der Waals surface area contributed by atoms with Gasteiger partial charge in [-0.05, 0) is 42.8 Å². The van der Waals surface area contributed by atoms with E-state index in [9.17, 15) is 18.0 Å². The third-order valence-corrected chi connectivity index (χ3v) is 7.43. The molecule has 5 rings (SSSR count). The summed E-state index contributed by atoms with van der Waals surface area (Å²) in [5.41, 5.74) is 3.52. The van der Waals surface area contributed by atoms with Gasteiger partial charge in [0.05, 0.1) is 28.6 Å². The molecule has 1 atom stereocenters. The molecule has 1 aromatic heterocycles. The Kier molecular flexibility index (Phi) is 5.01. The Hall–Kier alpha value is -3.53. The zero-order valence-electron chi connectivity index (χ0n) is 17.1. The summed E-state index contributed by atoms with van der Waals surface area (Å²) in [5.74, 6) is 0.0105. The molecule has 1 saturated heterocycles. The maximum Gasteiger partial charge on any atom is 0.271 e. The number of hydrogen-bond acceptors (Lipinski definition) is 6. The Balaban J connectivity index is 1.30. The van der Waals surface area contributed by atoms with Crippen LogP contribution in [0.4, 0.5) is 5.69 Å². The van der Waals surface area contributed by atoms with E-state index in [-0.39, 0.29) is 36.0 Å². The summed E-state index contributed by atoms with van der Waals surface area (Å²) in [6, 6.07) is 14.5. The Bertz CT molecular complexity index is 1310. The van der Waals surface area contributed by atoms with Gasteiger partial charge in [0.1, 0.15) is 11.5 Å². The second-order valence-corrected chi connectivity index (χ2v) is 10.2. The first kappa shape index (κ1) is 20.4. The highest BCUT2D eigenvalue weighted by atomic mass is 32.2. The summed E-state index contributed by atoms with van der Waals surface area (Å²) in [6.45, 7) is 0. The summed E-state index contributed by atoms with van der Waals surface area (Å²) in [5, 5.41) is 8.20. The zero-order chi connectivity index (χ0) is 22.3. The third-order valence-electron chi connectivity index (χ3n) is 5.68. The second-order valence-electron chi connectivity index (χ2n) is 7.98. The van der Waals surface area contributed by atoms with Crippen molar-refractivity contribution in [2.45, 2.75) is 25.3 Å².